The van der Waals surface area contributed by atoms with Gasteiger partial charge in [0, 0.05) is 49.7 Å². The summed E-state index contributed by atoms with van der Waals surface area (Å²) in [7, 11) is 0. The fourth-order valence-corrected chi connectivity index (χ4v) is 3.99. The SMILES string of the molecule is O=C(NCc1cccnc1-n1ccnc1)C1CC(=O)N(C2CCCC2)C1. The van der Waals surface area contributed by atoms with Crippen LogP contribution in [0.15, 0.2) is 37.1 Å². The Morgan fingerprint density at radius 2 is 2.12 bits per heavy atom. The first-order valence-electron chi connectivity index (χ1n) is 9.22. The van der Waals surface area contributed by atoms with Gasteiger partial charge in [0.1, 0.15) is 12.1 Å². The second kappa shape index (κ2) is 7.27. The number of nitrogens with one attached hydrogen (secondary N) is 1. The summed E-state index contributed by atoms with van der Waals surface area (Å²) in [5, 5.41) is 2.98. The molecule has 1 aliphatic heterocycles. The molecule has 0 bridgehead atoms. The van der Waals surface area contributed by atoms with Crippen LogP contribution < -0.4 is 5.32 Å². The minimum atomic E-state index is -0.253. The summed E-state index contributed by atoms with van der Waals surface area (Å²) < 4.78 is 1.82. The lowest BCUT2D eigenvalue weighted by molar-refractivity contribution is -0.130. The molecule has 2 aromatic rings. The third-order valence-corrected chi connectivity index (χ3v) is 5.36. The summed E-state index contributed by atoms with van der Waals surface area (Å²) in [6.07, 6.45) is 11.8. The first-order chi connectivity index (χ1) is 12.7. The predicted octanol–water partition coefficient (Wildman–Crippen LogP) is 1.67. The Bertz CT molecular complexity index is 783. The number of aromatic nitrogens is 3. The van der Waals surface area contributed by atoms with Crippen molar-refractivity contribution >= 4 is 11.8 Å². The molecule has 1 atom stereocenters. The van der Waals surface area contributed by atoms with E-state index in [2.05, 4.69) is 15.3 Å². The Balaban J connectivity index is 1.38. The van der Waals surface area contributed by atoms with Crippen molar-refractivity contribution in [2.45, 2.75) is 44.7 Å². The van der Waals surface area contributed by atoms with Crippen molar-refractivity contribution < 1.29 is 9.59 Å². The van der Waals surface area contributed by atoms with Gasteiger partial charge in [0.25, 0.3) is 0 Å². The average Bonchev–Trinajstić information content (AvgIpc) is 3.40. The molecule has 4 rings (SSSR count). The maximum atomic E-state index is 12.6. The number of amides is 2. The van der Waals surface area contributed by atoms with Gasteiger partial charge in [0.05, 0.1) is 5.92 Å². The monoisotopic (exact) mass is 353 g/mol. The van der Waals surface area contributed by atoms with Crippen LogP contribution >= 0.6 is 0 Å². The highest BCUT2D eigenvalue weighted by molar-refractivity contribution is 5.89. The minimum Gasteiger partial charge on any atom is -0.352 e. The molecule has 2 aliphatic rings. The molecule has 3 heterocycles. The van der Waals surface area contributed by atoms with E-state index in [9.17, 15) is 9.59 Å². The number of hydrogen-bond donors (Lipinski definition) is 1. The molecule has 1 saturated heterocycles. The van der Waals surface area contributed by atoms with Gasteiger partial charge in [-0.1, -0.05) is 18.9 Å². The van der Waals surface area contributed by atoms with Gasteiger partial charge >= 0.3 is 0 Å². The third-order valence-electron chi connectivity index (χ3n) is 5.36. The van der Waals surface area contributed by atoms with E-state index in [1.807, 2.05) is 27.8 Å². The lowest BCUT2D eigenvalue weighted by Crippen LogP contribution is -2.36. The molecule has 2 aromatic heterocycles. The van der Waals surface area contributed by atoms with E-state index in [0.29, 0.717) is 25.6 Å². The summed E-state index contributed by atoms with van der Waals surface area (Å²) in [6.45, 7) is 0.936. The molecule has 26 heavy (non-hydrogen) atoms. The Kier molecular flexibility index (Phi) is 4.69. The maximum absolute atomic E-state index is 12.6. The zero-order valence-corrected chi connectivity index (χ0v) is 14.7. The molecule has 0 spiro atoms. The van der Waals surface area contributed by atoms with Crippen molar-refractivity contribution in [3.63, 3.8) is 0 Å². The third kappa shape index (κ3) is 3.34. The standard InChI is InChI=1S/C19H23N5O2/c25-17-10-15(12-24(17)16-5-1-2-6-16)19(26)22-11-14-4-3-7-21-18(14)23-9-8-20-13-23/h3-4,7-9,13,15-16H,1-2,5-6,10-12H2,(H,22,26). The van der Waals surface area contributed by atoms with Crippen molar-refractivity contribution in [1.82, 2.24) is 24.8 Å². The molecular formula is C19H23N5O2. The minimum absolute atomic E-state index is 0.0562. The number of nitrogens with zero attached hydrogens (tertiary/aromatic N) is 4. The van der Waals surface area contributed by atoms with Crippen LogP contribution in [0.4, 0.5) is 0 Å². The van der Waals surface area contributed by atoms with Crippen LogP contribution in [0.2, 0.25) is 0 Å². The molecule has 1 unspecified atom stereocenters. The van der Waals surface area contributed by atoms with Gasteiger partial charge < -0.3 is 10.2 Å². The number of carbonyl (C=O) groups excluding carboxylic acids is 2. The Labute approximate surface area is 152 Å². The summed E-state index contributed by atoms with van der Waals surface area (Å²) in [4.78, 5) is 35.2. The van der Waals surface area contributed by atoms with E-state index in [0.717, 1.165) is 24.2 Å². The molecule has 1 saturated carbocycles. The molecule has 7 nitrogen and oxygen atoms in total. The molecular weight excluding hydrogens is 330 g/mol. The number of hydrogen-bond acceptors (Lipinski definition) is 4. The number of imidazole rings is 1. The summed E-state index contributed by atoms with van der Waals surface area (Å²) in [6, 6.07) is 4.13. The molecule has 7 heteroatoms. The molecule has 1 aliphatic carbocycles. The second-order valence-corrected chi connectivity index (χ2v) is 7.06. The van der Waals surface area contributed by atoms with Gasteiger partial charge in [0.2, 0.25) is 11.8 Å². The van der Waals surface area contributed by atoms with Crippen LogP contribution in [0.3, 0.4) is 0 Å². The van der Waals surface area contributed by atoms with Crippen LogP contribution in [0.5, 0.6) is 0 Å². The summed E-state index contributed by atoms with van der Waals surface area (Å²) in [5.74, 6) is 0.564. The van der Waals surface area contributed by atoms with E-state index in [-0.39, 0.29) is 17.7 Å². The van der Waals surface area contributed by atoms with Crippen molar-refractivity contribution in [3.05, 3.63) is 42.6 Å². The molecule has 0 radical (unpaired) electrons. The zero-order valence-electron chi connectivity index (χ0n) is 14.7. The van der Waals surface area contributed by atoms with Gasteiger partial charge in [-0.3, -0.25) is 14.2 Å². The quantitative estimate of drug-likeness (QED) is 0.887. The smallest absolute Gasteiger partial charge is 0.225 e. The van der Waals surface area contributed by atoms with E-state index in [4.69, 9.17) is 0 Å². The number of rotatable bonds is 5. The van der Waals surface area contributed by atoms with Crippen LogP contribution in [0.1, 0.15) is 37.7 Å². The predicted molar refractivity (Wildman–Crippen MR) is 95.3 cm³/mol. The van der Waals surface area contributed by atoms with Gasteiger partial charge in [-0.2, -0.15) is 0 Å². The fraction of sp³-hybridized carbons (Fsp3) is 0.474. The number of likely N-dealkylation sites (tertiary alicyclic amines) is 1. The highest BCUT2D eigenvalue weighted by Gasteiger charge is 2.38. The molecule has 0 aromatic carbocycles. The topological polar surface area (TPSA) is 80.1 Å². The Morgan fingerprint density at radius 3 is 2.88 bits per heavy atom. The second-order valence-electron chi connectivity index (χ2n) is 7.06. The molecule has 2 amide bonds. The highest BCUT2D eigenvalue weighted by Crippen LogP contribution is 2.29. The summed E-state index contributed by atoms with van der Waals surface area (Å²) >= 11 is 0. The van der Waals surface area contributed by atoms with E-state index in [1.165, 1.54) is 12.8 Å². The van der Waals surface area contributed by atoms with E-state index in [1.54, 1.807) is 18.7 Å². The van der Waals surface area contributed by atoms with Gasteiger partial charge in [-0.05, 0) is 18.9 Å². The van der Waals surface area contributed by atoms with E-state index < -0.39 is 0 Å². The largest absolute Gasteiger partial charge is 0.352 e. The van der Waals surface area contributed by atoms with Gasteiger partial charge in [-0.25, -0.2) is 9.97 Å². The molecule has 1 N–H and O–H groups in total. The normalized spacial score (nSPS) is 20.7. The lowest BCUT2D eigenvalue weighted by Gasteiger charge is -2.23. The number of carbonyl (C=O) groups is 2. The molecule has 2 fully saturated rings. The van der Waals surface area contributed by atoms with E-state index >= 15 is 0 Å². The zero-order chi connectivity index (χ0) is 17.9. The number of pyridine rings is 1. The van der Waals surface area contributed by atoms with Crippen molar-refractivity contribution in [2.24, 2.45) is 5.92 Å². The highest BCUT2D eigenvalue weighted by atomic mass is 16.2. The van der Waals surface area contributed by atoms with Crippen molar-refractivity contribution in [2.75, 3.05) is 6.54 Å². The Hall–Kier alpha value is -2.70. The average molecular weight is 353 g/mol. The molecule has 136 valence electrons. The summed E-state index contributed by atoms with van der Waals surface area (Å²) in [5.41, 5.74) is 0.913. The lowest BCUT2D eigenvalue weighted by atomic mass is 10.1. The maximum Gasteiger partial charge on any atom is 0.225 e. The van der Waals surface area contributed by atoms with Gasteiger partial charge in [0.15, 0.2) is 0 Å². The first-order valence-corrected chi connectivity index (χ1v) is 9.22. The van der Waals surface area contributed by atoms with Crippen LogP contribution in [-0.2, 0) is 16.1 Å². The first kappa shape index (κ1) is 16.8. The van der Waals surface area contributed by atoms with Crippen LogP contribution in [0, 0.1) is 5.92 Å². The Morgan fingerprint density at radius 1 is 1.27 bits per heavy atom. The fourth-order valence-electron chi connectivity index (χ4n) is 3.99. The van der Waals surface area contributed by atoms with Crippen molar-refractivity contribution in [1.29, 1.82) is 0 Å². The van der Waals surface area contributed by atoms with Crippen molar-refractivity contribution in [3.8, 4) is 5.82 Å². The van der Waals surface area contributed by atoms with Crippen LogP contribution in [-0.4, -0.2) is 43.8 Å². The van der Waals surface area contributed by atoms with Crippen LogP contribution in [0.25, 0.3) is 5.82 Å². The van der Waals surface area contributed by atoms with Gasteiger partial charge in [-0.15, -0.1) is 0 Å².